The van der Waals surface area contributed by atoms with Gasteiger partial charge in [-0.3, -0.25) is 4.21 Å². The molecule has 0 fully saturated rings. The molecule has 0 amide bonds. The Balaban J connectivity index is 2.50. The van der Waals surface area contributed by atoms with E-state index in [9.17, 15) is 4.21 Å². The molecule has 2 rings (SSSR count). The first-order valence-corrected chi connectivity index (χ1v) is 7.47. The zero-order chi connectivity index (χ0) is 12.6. The Morgan fingerprint density at radius 3 is 2.71 bits per heavy atom. The third-order valence-electron chi connectivity index (χ3n) is 3.57. The van der Waals surface area contributed by atoms with Crippen molar-refractivity contribution in [1.29, 1.82) is 0 Å². The van der Waals surface area contributed by atoms with E-state index >= 15 is 0 Å². The smallest absolute Gasteiger partial charge is 0.0562 e. The highest BCUT2D eigenvalue weighted by Gasteiger charge is 2.29. The van der Waals surface area contributed by atoms with Crippen LogP contribution < -0.4 is 5.32 Å². The van der Waals surface area contributed by atoms with Crippen molar-refractivity contribution in [2.24, 2.45) is 0 Å². The van der Waals surface area contributed by atoms with Crippen LogP contribution >= 0.6 is 0 Å². The lowest BCUT2D eigenvalue weighted by Gasteiger charge is -2.29. The zero-order valence-electron chi connectivity index (χ0n) is 11.0. The number of nitrogens with one attached hydrogen (secondary N) is 1. The molecule has 17 heavy (non-hydrogen) atoms. The molecule has 0 saturated heterocycles. The van der Waals surface area contributed by atoms with Gasteiger partial charge in [-0.25, -0.2) is 0 Å². The Hall–Kier alpha value is -0.670. The van der Waals surface area contributed by atoms with Crippen LogP contribution in [0.5, 0.6) is 0 Å². The van der Waals surface area contributed by atoms with Crippen LogP contribution in [0.25, 0.3) is 0 Å². The summed E-state index contributed by atoms with van der Waals surface area (Å²) in [5.41, 5.74) is 2.56. The molecule has 3 atom stereocenters. The quantitative estimate of drug-likeness (QED) is 0.875. The highest BCUT2D eigenvalue weighted by atomic mass is 32.2. The van der Waals surface area contributed by atoms with Crippen molar-refractivity contribution >= 4 is 10.8 Å². The van der Waals surface area contributed by atoms with E-state index in [-0.39, 0.29) is 5.25 Å². The molecule has 1 aliphatic heterocycles. The lowest BCUT2D eigenvalue weighted by Crippen LogP contribution is -2.30. The van der Waals surface area contributed by atoms with E-state index in [1.165, 1.54) is 11.1 Å². The average molecular weight is 251 g/mol. The first-order chi connectivity index (χ1) is 8.04. The minimum Gasteiger partial charge on any atom is -0.313 e. The average Bonchev–Trinajstić information content (AvgIpc) is 2.33. The second kappa shape index (κ2) is 4.91. The summed E-state index contributed by atoms with van der Waals surface area (Å²) in [5.74, 6) is 0.519. The van der Waals surface area contributed by atoms with Crippen LogP contribution in [0.3, 0.4) is 0 Å². The summed E-state index contributed by atoms with van der Waals surface area (Å²) < 4.78 is 12.2. The summed E-state index contributed by atoms with van der Waals surface area (Å²) in [5, 5.41) is 3.58. The number of rotatable bonds is 2. The highest BCUT2D eigenvalue weighted by Crippen LogP contribution is 2.35. The van der Waals surface area contributed by atoms with Gasteiger partial charge in [0, 0.05) is 16.2 Å². The van der Waals surface area contributed by atoms with Crippen molar-refractivity contribution in [3.05, 3.63) is 29.3 Å². The molecule has 3 heteroatoms. The van der Waals surface area contributed by atoms with Crippen LogP contribution in [0.2, 0.25) is 0 Å². The fourth-order valence-corrected chi connectivity index (χ4v) is 3.85. The monoisotopic (exact) mass is 251 g/mol. The van der Waals surface area contributed by atoms with Gasteiger partial charge < -0.3 is 5.32 Å². The molecule has 3 unspecified atom stereocenters. The Morgan fingerprint density at radius 1 is 1.41 bits per heavy atom. The van der Waals surface area contributed by atoms with Gasteiger partial charge in [-0.2, -0.15) is 0 Å². The van der Waals surface area contributed by atoms with E-state index < -0.39 is 10.8 Å². The topological polar surface area (TPSA) is 29.1 Å². The van der Waals surface area contributed by atoms with Gasteiger partial charge in [-0.05, 0) is 36.6 Å². The summed E-state index contributed by atoms with van der Waals surface area (Å²) >= 11 is 0. The van der Waals surface area contributed by atoms with Crippen LogP contribution in [0.4, 0.5) is 0 Å². The van der Waals surface area contributed by atoms with Crippen LogP contribution in [0.15, 0.2) is 23.1 Å². The normalized spacial score (nSPS) is 28.2. The molecule has 0 bridgehead atoms. The van der Waals surface area contributed by atoms with Gasteiger partial charge in [0.05, 0.1) is 10.8 Å². The molecule has 1 heterocycles. The summed E-state index contributed by atoms with van der Waals surface area (Å²) in [7, 11) is 1.14. The maximum absolute atomic E-state index is 12.2. The zero-order valence-corrected chi connectivity index (χ0v) is 11.8. The molecule has 1 N–H and O–H groups in total. The van der Waals surface area contributed by atoms with Crippen molar-refractivity contribution in [2.45, 2.75) is 49.3 Å². The summed E-state index contributed by atoms with van der Waals surface area (Å²) in [4.78, 5) is 1.02. The van der Waals surface area contributed by atoms with E-state index in [0.717, 1.165) is 11.3 Å². The Bertz CT molecular complexity index is 442. The summed E-state index contributed by atoms with van der Waals surface area (Å²) in [6.45, 7) is 6.46. The number of hydrogen-bond acceptors (Lipinski definition) is 2. The minimum atomic E-state index is -0.844. The molecule has 1 aliphatic rings. The van der Waals surface area contributed by atoms with Crippen molar-refractivity contribution < 1.29 is 4.21 Å². The minimum absolute atomic E-state index is 0.241. The molecule has 1 aromatic rings. The third-order valence-corrected chi connectivity index (χ3v) is 5.30. The van der Waals surface area contributed by atoms with Crippen LogP contribution in [-0.2, 0) is 10.8 Å². The molecular weight excluding hydrogens is 230 g/mol. The second-order valence-corrected chi connectivity index (χ2v) is 6.98. The van der Waals surface area contributed by atoms with Gasteiger partial charge in [-0.15, -0.1) is 0 Å². The summed E-state index contributed by atoms with van der Waals surface area (Å²) in [6, 6.07) is 6.74. The lowest BCUT2D eigenvalue weighted by molar-refractivity contribution is 0.517. The predicted molar refractivity (Wildman–Crippen MR) is 72.8 cm³/mol. The number of hydrogen-bond donors (Lipinski definition) is 1. The molecule has 1 aromatic carbocycles. The van der Waals surface area contributed by atoms with Gasteiger partial charge in [0.2, 0.25) is 0 Å². The van der Waals surface area contributed by atoms with Gasteiger partial charge >= 0.3 is 0 Å². The largest absolute Gasteiger partial charge is 0.313 e. The Kier molecular flexibility index (Phi) is 3.69. The molecule has 94 valence electrons. The van der Waals surface area contributed by atoms with Crippen LogP contribution in [-0.4, -0.2) is 16.5 Å². The van der Waals surface area contributed by atoms with Crippen molar-refractivity contribution in [3.63, 3.8) is 0 Å². The molecule has 0 radical (unpaired) electrons. The van der Waals surface area contributed by atoms with Gasteiger partial charge in [-0.1, -0.05) is 32.9 Å². The first-order valence-electron chi connectivity index (χ1n) is 6.26. The summed E-state index contributed by atoms with van der Waals surface area (Å²) in [6.07, 6.45) is 0.956. The van der Waals surface area contributed by atoms with E-state index in [1.807, 2.05) is 7.05 Å². The number of benzene rings is 1. The fraction of sp³-hybridized carbons (Fsp3) is 0.571. The van der Waals surface area contributed by atoms with Gasteiger partial charge in [0.25, 0.3) is 0 Å². The number of fused-ring (bicyclic) bond motifs is 1. The first kappa shape index (κ1) is 12.8. The van der Waals surface area contributed by atoms with E-state index in [0.29, 0.717) is 12.0 Å². The van der Waals surface area contributed by atoms with Crippen molar-refractivity contribution in [2.75, 3.05) is 7.05 Å². The Labute approximate surface area is 106 Å². The van der Waals surface area contributed by atoms with Gasteiger partial charge in [0.15, 0.2) is 0 Å². The molecular formula is C14H21NOS. The molecule has 2 nitrogen and oxygen atoms in total. The second-order valence-electron chi connectivity index (χ2n) is 5.14. The highest BCUT2D eigenvalue weighted by molar-refractivity contribution is 7.85. The molecule has 0 aliphatic carbocycles. The maximum atomic E-state index is 12.2. The van der Waals surface area contributed by atoms with E-state index in [2.05, 4.69) is 44.3 Å². The van der Waals surface area contributed by atoms with E-state index in [4.69, 9.17) is 0 Å². The predicted octanol–water partition coefficient (Wildman–Crippen LogP) is 2.97. The third kappa shape index (κ3) is 2.31. The van der Waals surface area contributed by atoms with Gasteiger partial charge in [0.1, 0.15) is 0 Å². The molecule has 0 aromatic heterocycles. The van der Waals surface area contributed by atoms with Crippen LogP contribution in [0.1, 0.15) is 50.3 Å². The Morgan fingerprint density at radius 2 is 2.12 bits per heavy atom. The molecule has 0 saturated carbocycles. The van der Waals surface area contributed by atoms with Crippen LogP contribution in [0, 0.1) is 0 Å². The fourth-order valence-electron chi connectivity index (χ4n) is 2.42. The SMILES string of the molecule is CNC1CC(C)S(=O)c2ccc(C(C)C)cc21. The van der Waals surface area contributed by atoms with Crippen molar-refractivity contribution in [3.8, 4) is 0 Å². The maximum Gasteiger partial charge on any atom is 0.0562 e. The van der Waals surface area contributed by atoms with E-state index in [1.54, 1.807) is 0 Å². The standard InChI is InChI=1S/C14H21NOS/c1-9(2)11-5-6-14-12(8-11)13(15-4)7-10(3)17(14)16/h5-6,8-10,13,15H,7H2,1-4H3. The van der Waals surface area contributed by atoms with Crippen molar-refractivity contribution in [1.82, 2.24) is 5.32 Å². The molecule has 0 spiro atoms. The lowest BCUT2D eigenvalue weighted by atomic mass is 9.95.